The van der Waals surface area contributed by atoms with Crippen LogP contribution in [0.1, 0.15) is 20.8 Å². The monoisotopic (exact) mass is 321 g/mol. The Balaban J connectivity index is 2.50. The molecule has 0 aliphatic heterocycles. The quantitative estimate of drug-likeness (QED) is 0.433. The highest BCUT2D eigenvalue weighted by molar-refractivity contribution is 6.00. The average molecular weight is 321 g/mol. The maximum absolute atomic E-state index is 11.8. The molecule has 1 amide bonds. The minimum absolute atomic E-state index is 0.0327. The van der Waals surface area contributed by atoms with E-state index in [1.165, 1.54) is 0 Å². The van der Waals surface area contributed by atoms with Gasteiger partial charge in [0.1, 0.15) is 5.75 Å². The van der Waals surface area contributed by atoms with Crippen LogP contribution in [0.4, 0.5) is 5.69 Å². The van der Waals surface area contributed by atoms with E-state index in [4.69, 9.17) is 9.47 Å². The molecule has 0 aromatic heterocycles. The fourth-order valence-electron chi connectivity index (χ4n) is 1.69. The summed E-state index contributed by atoms with van der Waals surface area (Å²) in [5, 5.41) is 6.89. The summed E-state index contributed by atoms with van der Waals surface area (Å²) in [5.74, 6) is -0.546. The van der Waals surface area contributed by atoms with E-state index in [2.05, 4.69) is 15.8 Å². The van der Waals surface area contributed by atoms with E-state index in [0.717, 1.165) is 0 Å². The van der Waals surface area contributed by atoms with Crippen LogP contribution in [0.3, 0.4) is 0 Å². The van der Waals surface area contributed by atoms with Crippen molar-refractivity contribution in [3.8, 4) is 5.75 Å². The van der Waals surface area contributed by atoms with Gasteiger partial charge in [-0.05, 0) is 32.9 Å². The Morgan fingerprint density at radius 2 is 2.00 bits per heavy atom. The van der Waals surface area contributed by atoms with Gasteiger partial charge in [0.2, 0.25) is 0 Å². The van der Waals surface area contributed by atoms with E-state index in [9.17, 15) is 9.59 Å². The van der Waals surface area contributed by atoms with Crippen molar-refractivity contribution in [3.63, 3.8) is 0 Å². The number of carbonyl (C=O) groups is 2. The molecule has 0 saturated heterocycles. The second-order valence-corrected chi connectivity index (χ2v) is 4.82. The topological polar surface area (TPSA) is 89.0 Å². The average Bonchev–Trinajstić information content (AvgIpc) is 2.57. The molecule has 1 aromatic carbocycles. The second kappa shape index (κ2) is 9.45. The van der Waals surface area contributed by atoms with Crippen molar-refractivity contribution >= 4 is 23.3 Å². The van der Waals surface area contributed by atoms with Gasteiger partial charge in [-0.25, -0.2) is 5.43 Å². The maximum Gasteiger partial charge on any atom is 0.314 e. The van der Waals surface area contributed by atoms with Gasteiger partial charge in [-0.1, -0.05) is 12.1 Å². The lowest BCUT2D eigenvalue weighted by molar-refractivity contribution is -0.145. The fraction of sp³-hybridized carbons (Fsp3) is 0.438. The van der Waals surface area contributed by atoms with Crippen LogP contribution in [0.2, 0.25) is 0 Å². The molecule has 0 bridgehead atoms. The van der Waals surface area contributed by atoms with Crippen LogP contribution in [-0.4, -0.2) is 37.8 Å². The van der Waals surface area contributed by atoms with E-state index in [0.29, 0.717) is 23.8 Å². The molecule has 0 spiro atoms. The number of esters is 1. The van der Waals surface area contributed by atoms with Crippen molar-refractivity contribution in [2.24, 2.45) is 11.0 Å². The Kier molecular flexibility index (Phi) is 7.59. The van der Waals surface area contributed by atoms with Crippen molar-refractivity contribution in [1.82, 2.24) is 5.43 Å². The van der Waals surface area contributed by atoms with Crippen LogP contribution in [0.15, 0.2) is 29.4 Å². The fourth-order valence-corrected chi connectivity index (χ4v) is 1.69. The third-order valence-corrected chi connectivity index (χ3v) is 3.17. The van der Waals surface area contributed by atoms with Crippen molar-refractivity contribution in [1.29, 1.82) is 0 Å². The Morgan fingerprint density at radius 1 is 1.30 bits per heavy atom. The summed E-state index contributed by atoms with van der Waals surface area (Å²) in [6, 6.07) is 7.29. The van der Waals surface area contributed by atoms with Crippen LogP contribution >= 0.6 is 0 Å². The van der Waals surface area contributed by atoms with Gasteiger partial charge in [-0.15, -0.1) is 0 Å². The van der Waals surface area contributed by atoms with Crippen LogP contribution < -0.4 is 15.5 Å². The molecule has 0 radical (unpaired) electrons. The Bertz CT molecular complexity index is 572. The molecule has 0 fully saturated rings. The number of hydrogen-bond acceptors (Lipinski definition) is 6. The largest absolute Gasteiger partial charge is 0.495 e. The highest BCUT2D eigenvalue weighted by Crippen LogP contribution is 2.22. The maximum atomic E-state index is 11.8. The first-order valence-electron chi connectivity index (χ1n) is 7.36. The minimum atomic E-state index is -0.502. The number of nitrogens with one attached hydrogen (secondary N) is 2. The minimum Gasteiger partial charge on any atom is -0.495 e. The lowest BCUT2D eigenvalue weighted by atomic mass is 10.1. The van der Waals surface area contributed by atoms with E-state index in [1.807, 2.05) is 18.2 Å². The zero-order valence-electron chi connectivity index (χ0n) is 13.9. The third kappa shape index (κ3) is 5.98. The number of benzene rings is 1. The van der Waals surface area contributed by atoms with Gasteiger partial charge >= 0.3 is 5.97 Å². The van der Waals surface area contributed by atoms with Crippen molar-refractivity contribution < 1.29 is 19.1 Å². The first-order valence-corrected chi connectivity index (χ1v) is 7.36. The second-order valence-electron chi connectivity index (χ2n) is 4.82. The Hall–Kier alpha value is -2.57. The molecule has 1 atom stereocenters. The summed E-state index contributed by atoms with van der Waals surface area (Å²) in [7, 11) is 1.56. The summed E-state index contributed by atoms with van der Waals surface area (Å²) >= 11 is 0. The first-order chi connectivity index (χ1) is 11.0. The van der Waals surface area contributed by atoms with Crippen molar-refractivity contribution in [2.75, 3.05) is 25.6 Å². The van der Waals surface area contributed by atoms with E-state index < -0.39 is 5.92 Å². The standard InChI is InChI=1S/C16H23N3O4/c1-5-23-16(21)11(2)12(3)18-19-15(20)10-17-13-8-6-7-9-14(13)22-4/h6-9,11,17H,5,10H2,1-4H3,(H,19,20)/b18-12+/t11-/m0/s1. The van der Waals surface area contributed by atoms with Crippen molar-refractivity contribution in [3.05, 3.63) is 24.3 Å². The van der Waals surface area contributed by atoms with Gasteiger partial charge in [0.25, 0.3) is 5.91 Å². The molecule has 23 heavy (non-hydrogen) atoms. The third-order valence-electron chi connectivity index (χ3n) is 3.17. The molecule has 126 valence electrons. The zero-order chi connectivity index (χ0) is 17.2. The summed E-state index contributed by atoms with van der Waals surface area (Å²) in [5.41, 5.74) is 3.60. The van der Waals surface area contributed by atoms with Gasteiger partial charge in [-0.2, -0.15) is 5.10 Å². The Labute approximate surface area is 136 Å². The number of nitrogens with zero attached hydrogens (tertiary/aromatic N) is 1. The molecule has 0 aliphatic carbocycles. The molecule has 0 unspecified atom stereocenters. The lowest BCUT2D eigenvalue weighted by Gasteiger charge is -2.11. The smallest absolute Gasteiger partial charge is 0.314 e. The molecule has 0 aliphatic rings. The summed E-state index contributed by atoms with van der Waals surface area (Å²) < 4.78 is 10.1. The van der Waals surface area contributed by atoms with Gasteiger partial charge in [0, 0.05) is 5.71 Å². The Morgan fingerprint density at radius 3 is 2.65 bits per heavy atom. The van der Waals surface area contributed by atoms with Crippen molar-refractivity contribution in [2.45, 2.75) is 20.8 Å². The summed E-state index contributed by atoms with van der Waals surface area (Å²) in [4.78, 5) is 23.4. The molecule has 1 rings (SSSR count). The highest BCUT2D eigenvalue weighted by Gasteiger charge is 2.17. The van der Waals surface area contributed by atoms with E-state index in [1.54, 1.807) is 33.9 Å². The number of methoxy groups -OCH3 is 1. The van der Waals surface area contributed by atoms with Crippen LogP contribution in [0.5, 0.6) is 5.75 Å². The van der Waals surface area contributed by atoms with Crippen LogP contribution in [0.25, 0.3) is 0 Å². The first kappa shape index (κ1) is 18.5. The normalized spacial score (nSPS) is 12.3. The molecule has 0 heterocycles. The summed E-state index contributed by atoms with van der Waals surface area (Å²) in [6.45, 7) is 5.42. The molecule has 0 saturated carbocycles. The van der Waals surface area contributed by atoms with Crippen LogP contribution in [0, 0.1) is 5.92 Å². The number of anilines is 1. The van der Waals surface area contributed by atoms with E-state index in [-0.39, 0.29) is 18.4 Å². The van der Waals surface area contributed by atoms with Gasteiger partial charge in [0.15, 0.2) is 0 Å². The van der Waals surface area contributed by atoms with Gasteiger partial charge < -0.3 is 14.8 Å². The van der Waals surface area contributed by atoms with Crippen LogP contribution in [-0.2, 0) is 14.3 Å². The molecule has 7 nitrogen and oxygen atoms in total. The zero-order valence-corrected chi connectivity index (χ0v) is 13.9. The molecular formula is C16H23N3O4. The molecule has 2 N–H and O–H groups in total. The number of para-hydroxylation sites is 2. The number of hydrogen-bond donors (Lipinski definition) is 2. The summed E-state index contributed by atoms with van der Waals surface area (Å²) in [6.07, 6.45) is 0. The number of rotatable bonds is 8. The number of amides is 1. The lowest BCUT2D eigenvalue weighted by Crippen LogP contribution is -2.29. The molecule has 7 heteroatoms. The van der Waals surface area contributed by atoms with E-state index >= 15 is 0 Å². The van der Waals surface area contributed by atoms with Gasteiger partial charge in [-0.3, -0.25) is 9.59 Å². The SMILES string of the molecule is CCOC(=O)[C@@H](C)/C(C)=N/NC(=O)CNc1ccccc1OC. The number of carbonyl (C=O) groups excluding carboxylic acids is 2. The number of ether oxygens (including phenoxy) is 2. The molecule has 1 aromatic rings. The molecular weight excluding hydrogens is 298 g/mol. The predicted molar refractivity (Wildman–Crippen MR) is 88.5 cm³/mol. The van der Waals surface area contributed by atoms with Gasteiger partial charge in [0.05, 0.1) is 31.9 Å². The number of hydrazone groups is 1. The predicted octanol–water partition coefficient (Wildman–Crippen LogP) is 1.80. The highest BCUT2D eigenvalue weighted by atomic mass is 16.5.